The summed E-state index contributed by atoms with van der Waals surface area (Å²) in [5.41, 5.74) is 3.53. The van der Waals surface area contributed by atoms with E-state index < -0.39 is 28.8 Å². The van der Waals surface area contributed by atoms with Gasteiger partial charge in [0.1, 0.15) is 17.1 Å². The molecule has 1 saturated heterocycles. The van der Waals surface area contributed by atoms with Crippen molar-refractivity contribution in [1.82, 2.24) is 48.3 Å². The molecule has 1 amide bonds. The molecule has 61 heavy (non-hydrogen) atoms. The lowest BCUT2D eigenvalue weighted by Crippen LogP contribution is -2.41. The van der Waals surface area contributed by atoms with Crippen LogP contribution in [0.2, 0.25) is 0 Å². The molecule has 15 nitrogen and oxygen atoms in total. The number of aromatic nitrogens is 9. The monoisotopic (exact) mass is 828 g/mol. The molecule has 7 heterocycles. The highest BCUT2D eigenvalue weighted by molar-refractivity contribution is 6.00. The summed E-state index contributed by atoms with van der Waals surface area (Å²) in [5, 5.41) is 14.7. The highest BCUT2D eigenvalue weighted by Crippen LogP contribution is 2.51. The molecule has 4 aliphatic rings. The van der Waals surface area contributed by atoms with Crippen LogP contribution in [0.15, 0.2) is 69.1 Å². The van der Waals surface area contributed by atoms with E-state index in [0.717, 1.165) is 41.4 Å². The van der Waals surface area contributed by atoms with Gasteiger partial charge in [0.15, 0.2) is 11.6 Å². The predicted molar refractivity (Wildman–Crippen MR) is 224 cm³/mol. The number of carbonyl (C=O) groups is 1. The minimum absolute atomic E-state index is 0.127. The van der Waals surface area contributed by atoms with E-state index >= 15 is 9.18 Å². The number of hydrogen-bond donors (Lipinski definition) is 1. The normalized spacial score (nSPS) is 21.0. The maximum Gasteiger partial charge on any atom is 0.438 e. The molecule has 2 saturated carbocycles. The Bertz CT molecular complexity index is 3000. The van der Waals surface area contributed by atoms with E-state index in [1.807, 2.05) is 22.6 Å². The molecule has 2 aromatic carbocycles. The average Bonchev–Trinajstić information content (AvgIpc) is 3.66. The zero-order valence-electron chi connectivity index (χ0n) is 34.9. The molecule has 316 valence electrons. The molecule has 0 unspecified atom stereocenters. The van der Waals surface area contributed by atoms with Crippen LogP contribution in [0.5, 0.6) is 0 Å². The number of amides is 1. The molecule has 7 aromatic rings. The summed E-state index contributed by atoms with van der Waals surface area (Å²) in [6.45, 7) is 7.96. The number of carbonyl (C=O) groups excluding carboxylic acids is 1. The Morgan fingerprint density at radius 2 is 1.84 bits per heavy atom. The number of ether oxygens (including phenoxy) is 1. The van der Waals surface area contributed by atoms with Crippen molar-refractivity contribution < 1.29 is 18.4 Å². The third kappa shape index (κ3) is 5.99. The average molecular weight is 829 g/mol. The van der Waals surface area contributed by atoms with Crippen molar-refractivity contribution in [3.8, 4) is 11.5 Å². The van der Waals surface area contributed by atoms with Crippen molar-refractivity contribution in [3.05, 3.63) is 110 Å². The summed E-state index contributed by atoms with van der Waals surface area (Å²) in [6, 6.07) is 11.3. The Morgan fingerprint density at radius 1 is 1.03 bits per heavy atom. The van der Waals surface area contributed by atoms with Gasteiger partial charge in [0.2, 0.25) is 0 Å². The number of imidazole rings is 1. The molecule has 5 aromatic heterocycles. The molecule has 2 aliphatic heterocycles. The smallest absolute Gasteiger partial charge is 0.376 e. The minimum atomic E-state index is -0.757. The fourth-order valence-electron chi connectivity index (χ4n) is 10.5. The Labute approximate surface area is 349 Å². The van der Waals surface area contributed by atoms with E-state index in [1.165, 1.54) is 35.6 Å². The maximum atomic E-state index is 16.0. The van der Waals surface area contributed by atoms with Crippen LogP contribution < -0.4 is 11.4 Å². The number of nitrogens with one attached hydrogen (secondary N) is 1. The summed E-state index contributed by atoms with van der Waals surface area (Å²) in [4.78, 5) is 46.8. The lowest BCUT2D eigenvalue weighted by Gasteiger charge is -2.35. The first-order valence-corrected chi connectivity index (χ1v) is 21.6. The molecule has 0 spiro atoms. The standard InChI is InChI=1S/C45H49FN10O5/c1-26-37-32(49-55(18-12-27-6-5-7-27)39(37)54-20-19-53(43(54)59)35-11-10-34-31(38(35)46)25-47-51(34)4)13-17-52(26)40(57)36-23-30-22-28(29-14-21-60-44(2,3)24-29)8-9-33(30)56(36)45(15-16-45)41-48-42(58)61-50-41/h8-11,19-20,22-23,25-27,29H,5-7,12-18,21,24H2,1-4H3,(H,48,50,58)/t26-,29-/m0/s1. The van der Waals surface area contributed by atoms with Crippen molar-refractivity contribution in [1.29, 1.82) is 0 Å². The SMILES string of the molecule is C[C@H]1c2c(nn(CCC3CCC3)c2-n2ccn(-c3ccc4c(cnn4C)c3F)c2=O)CCN1C(=O)c1cc2cc([C@H]3CCOC(C)(C)C3)ccc2n1C1(c2noc(=O)[nH]2)CC1. The largest absolute Gasteiger partial charge is 0.438 e. The van der Waals surface area contributed by atoms with E-state index in [9.17, 15) is 9.59 Å². The number of halogens is 1. The van der Waals surface area contributed by atoms with E-state index in [4.69, 9.17) is 14.4 Å². The number of H-pyrrole nitrogens is 1. The molecule has 3 fully saturated rings. The molecular formula is C45H49FN10O5. The maximum absolute atomic E-state index is 16.0. The van der Waals surface area contributed by atoms with Crippen LogP contribution in [-0.2, 0) is 30.3 Å². The van der Waals surface area contributed by atoms with Crippen LogP contribution in [0.4, 0.5) is 4.39 Å². The molecule has 11 rings (SSSR count). The van der Waals surface area contributed by atoms with Crippen molar-refractivity contribution in [2.45, 2.75) is 108 Å². The third-order valence-corrected chi connectivity index (χ3v) is 14.1. The first-order valence-electron chi connectivity index (χ1n) is 21.6. The van der Waals surface area contributed by atoms with Crippen LogP contribution in [0.1, 0.15) is 117 Å². The van der Waals surface area contributed by atoms with Crippen LogP contribution >= 0.6 is 0 Å². The van der Waals surface area contributed by atoms with Gasteiger partial charge in [-0.25, -0.2) is 18.7 Å². The van der Waals surface area contributed by atoms with Gasteiger partial charge in [0, 0.05) is 62.0 Å². The summed E-state index contributed by atoms with van der Waals surface area (Å²) < 4.78 is 35.5. The van der Waals surface area contributed by atoms with E-state index in [1.54, 1.807) is 40.8 Å². The Morgan fingerprint density at radius 3 is 2.57 bits per heavy atom. The molecule has 0 radical (unpaired) electrons. The van der Waals surface area contributed by atoms with Gasteiger partial charge in [-0.15, -0.1) is 0 Å². The third-order valence-electron chi connectivity index (χ3n) is 14.1. The van der Waals surface area contributed by atoms with Crippen molar-refractivity contribution in [2.24, 2.45) is 13.0 Å². The first-order chi connectivity index (χ1) is 29.4. The summed E-state index contributed by atoms with van der Waals surface area (Å²) in [6.07, 6.45) is 12.8. The second kappa shape index (κ2) is 13.7. The van der Waals surface area contributed by atoms with Crippen molar-refractivity contribution >= 4 is 27.7 Å². The predicted octanol–water partition coefficient (Wildman–Crippen LogP) is 6.64. The van der Waals surface area contributed by atoms with Gasteiger partial charge in [-0.2, -0.15) is 10.2 Å². The number of aromatic amines is 1. The second-order valence-corrected chi connectivity index (χ2v) is 18.3. The van der Waals surface area contributed by atoms with E-state index in [0.29, 0.717) is 79.0 Å². The van der Waals surface area contributed by atoms with E-state index in [2.05, 4.69) is 51.9 Å². The molecule has 2 atom stereocenters. The zero-order chi connectivity index (χ0) is 41.9. The van der Waals surface area contributed by atoms with Gasteiger partial charge < -0.3 is 14.2 Å². The second-order valence-electron chi connectivity index (χ2n) is 18.3. The number of aryl methyl sites for hydroxylation is 2. The Balaban J connectivity index is 1.01. The summed E-state index contributed by atoms with van der Waals surface area (Å²) in [7, 11) is 1.75. The number of hydrogen-bond acceptors (Lipinski definition) is 8. The number of rotatable bonds is 9. The highest BCUT2D eigenvalue weighted by Gasteiger charge is 2.52. The van der Waals surface area contributed by atoms with Gasteiger partial charge in [-0.05, 0) is 101 Å². The highest BCUT2D eigenvalue weighted by atomic mass is 19.1. The fraction of sp³-hybridized carbons (Fsp3) is 0.467. The van der Waals surface area contributed by atoms with Gasteiger partial charge >= 0.3 is 11.4 Å². The van der Waals surface area contributed by atoms with Crippen molar-refractivity contribution in [3.63, 3.8) is 0 Å². The van der Waals surface area contributed by atoms with Crippen LogP contribution in [0.25, 0.3) is 33.3 Å². The Hall–Kier alpha value is -6.03. The number of nitrogens with zero attached hydrogens (tertiary/aromatic N) is 9. The minimum Gasteiger partial charge on any atom is -0.376 e. The van der Waals surface area contributed by atoms with Crippen LogP contribution in [0.3, 0.4) is 0 Å². The van der Waals surface area contributed by atoms with Crippen LogP contribution in [-0.4, -0.2) is 73.0 Å². The van der Waals surface area contributed by atoms with Crippen molar-refractivity contribution in [2.75, 3.05) is 13.2 Å². The van der Waals surface area contributed by atoms with Gasteiger partial charge in [-0.1, -0.05) is 30.5 Å². The zero-order valence-corrected chi connectivity index (χ0v) is 34.9. The fourth-order valence-corrected chi connectivity index (χ4v) is 10.5. The number of fused-ring (bicyclic) bond motifs is 3. The topological polar surface area (TPSA) is 156 Å². The van der Waals surface area contributed by atoms with Crippen LogP contribution in [0, 0.1) is 11.7 Å². The summed E-state index contributed by atoms with van der Waals surface area (Å²) in [5.74, 6) is 0.550. The lowest BCUT2D eigenvalue weighted by molar-refractivity contribution is -0.0592. The lowest BCUT2D eigenvalue weighted by atomic mass is 9.83. The Kier molecular flexibility index (Phi) is 8.55. The van der Waals surface area contributed by atoms with Gasteiger partial charge in [0.05, 0.1) is 40.1 Å². The first kappa shape index (κ1) is 37.9. The van der Waals surface area contributed by atoms with E-state index in [-0.39, 0.29) is 17.2 Å². The molecule has 1 N–H and O–H groups in total. The number of benzene rings is 2. The summed E-state index contributed by atoms with van der Waals surface area (Å²) >= 11 is 0. The molecule has 2 aliphatic carbocycles. The van der Waals surface area contributed by atoms with Gasteiger partial charge in [-0.3, -0.25) is 28.1 Å². The molecule has 0 bridgehead atoms. The quantitative estimate of drug-likeness (QED) is 0.170. The molecule has 16 heteroatoms. The molecular weight excluding hydrogens is 780 g/mol. The van der Waals surface area contributed by atoms with Gasteiger partial charge in [0.25, 0.3) is 5.91 Å².